The van der Waals surface area contributed by atoms with E-state index in [4.69, 9.17) is 33.9 Å². The van der Waals surface area contributed by atoms with E-state index in [0.29, 0.717) is 6.42 Å². The topological polar surface area (TPSA) is 208 Å². The van der Waals surface area contributed by atoms with Crippen molar-refractivity contribution in [1.82, 2.24) is 14.5 Å². The number of anilines is 1. The number of aliphatic hydroxyl groups is 2. The highest BCUT2D eigenvalue weighted by Crippen LogP contribution is 2.61. The van der Waals surface area contributed by atoms with Crippen LogP contribution in [0.15, 0.2) is 47.4 Å². The van der Waals surface area contributed by atoms with Crippen LogP contribution in [0.1, 0.15) is 45.1 Å². The van der Waals surface area contributed by atoms with Crippen molar-refractivity contribution in [3.05, 3.63) is 58.5 Å². The second kappa shape index (κ2) is 11.6. The molecule has 0 spiro atoms. The maximum atomic E-state index is 13.5. The first-order chi connectivity index (χ1) is 19.8. The molecule has 2 fully saturated rings. The second-order valence-electron chi connectivity index (χ2n) is 10.7. The molecule has 0 saturated carbocycles. The van der Waals surface area contributed by atoms with Crippen LogP contribution in [0.5, 0.6) is 0 Å². The lowest BCUT2D eigenvalue weighted by molar-refractivity contribution is -0.192. The van der Waals surface area contributed by atoms with E-state index in [9.17, 15) is 32.7 Å². The van der Waals surface area contributed by atoms with Crippen LogP contribution in [0.3, 0.4) is 0 Å². The van der Waals surface area contributed by atoms with Gasteiger partial charge >= 0.3 is 20.0 Å². The number of halogens is 3. The zero-order valence-corrected chi connectivity index (χ0v) is 23.9. The Morgan fingerprint density at radius 1 is 1.26 bits per heavy atom. The van der Waals surface area contributed by atoms with E-state index in [2.05, 4.69) is 9.97 Å². The zero-order chi connectivity index (χ0) is 32.0. The maximum Gasteiger partial charge on any atom is 0.490 e. The first-order valence-corrected chi connectivity index (χ1v) is 14.2. The van der Waals surface area contributed by atoms with E-state index >= 15 is 0 Å². The van der Waals surface area contributed by atoms with Gasteiger partial charge in [-0.1, -0.05) is 30.3 Å². The summed E-state index contributed by atoms with van der Waals surface area (Å²) in [4.78, 5) is 27.6. The summed E-state index contributed by atoms with van der Waals surface area (Å²) in [5.41, 5.74) is 3.62. The Bertz CT molecular complexity index is 1580. The number of alkyl halides is 3. The van der Waals surface area contributed by atoms with Crippen molar-refractivity contribution in [3.8, 4) is 0 Å². The number of nitrogens with one attached hydrogen (secondary N) is 1. The number of phosphoric acid groups is 1. The summed E-state index contributed by atoms with van der Waals surface area (Å²) in [6, 6.07) is 10.8. The molecule has 0 amide bonds. The van der Waals surface area contributed by atoms with Crippen molar-refractivity contribution in [3.63, 3.8) is 0 Å². The third kappa shape index (κ3) is 7.09. The first kappa shape index (κ1) is 32.6. The Kier molecular flexibility index (Phi) is 8.83. The molecule has 2 saturated heterocycles. The number of aromatic amines is 1. The zero-order valence-electron chi connectivity index (χ0n) is 23.0. The van der Waals surface area contributed by atoms with E-state index in [1.807, 2.05) is 30.3 Å². The molecule has 2 aliphatic rings. The lowest BCUT2D eigenvalue weighted by Crippen LogP contribution is -2.44. The van der Waals surface area contributed by atoms with Gasteiger partial charge in [-0.05, 0) is 32.4 Å². The molecule has 2 aliphatic heterocycles. The third-order valence-corrected chi connectivity index (χ3v) is 8.41. The molecule has 5 rings (SSSR count). The predicted octanol–water partition coefficient (Wildman–Crippen LogP) is 3.03. The fourth-order valence-electron chi connectivity index (χ4n) is 4.70. The highest BCUT2D eigenvalue weighted by molar-refractivity contribution is 7.48. The molecule has 0 radical (unpaired) electrons. The van der Waals surface area contributed by atoms with E-state index in [1.54, 1.807) is 13.8 Å². The van der Waals surface area contributed by atoms with Crippen LogP contribution in [0.4, 0.5) is 19.1 Å². The second-order valence-corrected chi connectivity index (χ2v) is 12.3. The highest BCUT2D eigenvalue weighted by Gasteiger charge is 2.55. The highest BCUT2D eigenvalue weighted by atomic mass is 31.2. The maximum absolute atomic E-state index is 13.5. The molecule has 6 atom stereocenters. The molecule has 18 heteroatoms. The number of nitrogens with zero attached hydrogens (tertiary/aromatic N) is 2. The number of aliphatic hydroxyl groups excluding tert-OH is 1. The van der Waals surface area contributed by atoms with Crippen molar-refractivity contribution in [2.75, 3.05) is 12.3 Å². The van der Waals surface area contributed by atoms with Gasteiger partial charge in [-0.2, -0.15) is 18.2 Å². The van der Waals surface area contributed by atoms with Crippen molar-refractivity contribution >= 4 is 30.8 Å². The number of H-pyrrole nitrogens is 1. The normalized spacial score (nSPS) is 30.5. The number of fused-ring (bicyclic) bond motifs is 1. The molecule has 6 N–H and O–H groups in total. The van der Waals surface area contributed by atoms with Crippen molar-refractivity contribution in [2.24, 2.45) is 0 Å². The minimum atomic E-state index is -5.08. The van der Waals surface area contributed by atoms with E-state index < -0.39 is 67.9 Å². The molecule has 14 nitrogen and oxygen atoms in total. The number of carboxylic acid groups (broad SMARTS) is 1. The third-order valence-electron chi connectivity index (χ3n) is 6.71. The molecule has 0 aliphatic carbocycles. The number of carbonyl (C=O) groups is 1. The van der Waals surface area contributed by atoms with Gasteiger partial charge in [-0.25, -0.2) is 9.36 Å². The van der Waals surface area contributed by atoms with Crippen LogP contribution in [0, 0.1) is 0 Å². The number of nitrogens with two attached hydrogens (primary N) is 1. The number of carboxylic acids is 1. The number of nitrogen functional groups attached to an aromatic ring is 1. The minimum absolute atomic E-state index is 0.106. The van der Waals surface area contributed by atoms with Crippen molar-refractivity contribution in [2.45, 2.75) is 69.1 Å². The molecule has 236 valence electrons. The van der Waals surface area contributed by atoms with Crippen LogP contribution in [0.25, 0.3) is 11.0 Å². The molecule has 0 bridgehead atoms. The van der Waals surface area contributed by atoms with Gasteiger partial charge in [0.05, 0.1) is 23.7 Å². The summed E-state index contributed by atoms with van der Waals surface area (Å²) in [6.07, 6.45) is -7.32. The summed E-state index contributed by atoms with van der Waals surface area (Å²) in [5, 5.41) is 29.3. The molecule has 1 aromatic carbocycles. The number of aliphatic carboxylic acids is 1. The Morgan fingerprint density at radius 2 is 1.88 bits per heavy atom. The number of ether oxygens (including phenoxy) is 1. The Labute approximate surface area is 241 Å². The van der Waals surface area contributed by atoms with Gasteiger partial charge in [0.25, 0.3) is 5.56 Å². The Hall–Kier alpha value is -3.31. The molecule has 2 aromatic heterocycles. The van der Waals surface area contributed by atoms with Crippen molar-refractivity contribution < 1.29 is 56.2 Å². The fraction of sp³-hybridized carbons (Fsp3) is 0.480. The monoisotopic (exact) mass is 634 g/mol. The molecule has 4 heterocycles. The van der Waals surface area contributed by atoms with Crippen LogP contribution in [-0.2, 0) is 27.7 Å². The van der Waals surface area contributed by atoms with E-state index in [1.165, 1.54) is 23.8 Å². The van der Waals surface area contributed by atoms with Gasteiger partial charge in [-0.15, -0.1) is 0 Å². The molecule has 43 heavy (non-hydrogen) atoms. The average molecular weight is 635 g/mol. The summed E-state index contributed by atoms with van der Waals surface area (Å²) in [7, 11) is -4.06. The predicted molar refractivity (Wildman–Crippen MR) is 143 cm³/mol. The summed E-state index contributed by atoms with van der Waals surface area (Å²) >= 11 is 0. The lowest BCUT2D eigenvalue weighted by atomic mass is 9.96. The molecular weight excluding hydrogens is 604 g/mol. The molecule has 3 aromatic rings. The van der Waals surface area contributed by atoms with Gasteiger partial charge in [0.15, 0.2) is 11.9 Å². The number of aromatic nitrogens is 3. The SMILES string of the molecule is CC1(C)C[C@@H](c2ccccc2)O[P@@](=O)(OC[C@H]2O[C@@H](n3ccc4c(=O)[nH]c(N)nc43)[C@](C)(O)[C@@H]2O)O1.O=C(O)C(F)(F)F. The largest absolute Gasteiger partial charge is 0.490 e. The summed E-state index contributed by atoms with van der Waals surface area (Å²) in [5.74, 6) is -2.86. The first-order valence-electron chi connectivity index (χ1n) is 12.7. The van der Waals surface area contributed by atoms with Gasteiger partial charge in [0.2, 0.25) is 5.95 Å². The van der Waals surface area contributed by atoms with Gasteiger partial charge in [0, 0.05) is 12.6 Å². The average Bonchev–Trinajstić information content (AvgIpc) is 3.40. The van der Waals surface area contributed by atoms with Crippen molar-refractivity contribution in [1.29, 1.82) is 0 Å². The lowest BCUT2D eigenvalue weighted by Gasteiger charge is -2.39. The van der Waals surface area contributed by atoms with Crippen LogP contribution >= 0.6 is 7.82 Å². The smallest absolute Gasteiger partial charge is 0.475 e. The Morgan fingerprint density at radius 3 is 2.49 bits per heavy atom. The van der Waals surface area contributed by atoms with Gasteiger partial charge in [0.1, 0.15) is 17.8 Å². The van der Waals surface area contributed by atoms with Crippen LogP contribution in [0.2, 0.25) is 0 Å². The molecule has 0 unspecified atom stereocenters. The fourth-order valence-corrected chi connectivity index (χ4v) is 6.37. The van der Waals surface area contributed by atoms with E-state index in [0.717, 1.165) is 5.56 Å². The summed E-state index contributed by atoms with van der Waals surface area (Å²) in [6.45, 7) is 4.58. The summed E-state index contributed by atoms with van der Waals surface area (Å²) < 4.78 is 69.6. The van der Waals surface area contributed by atoms with Gasteiger partial charge in [-0.3, -0.25) is 23.3 Å². The standard InChI is InChI=1S/C23H29N4O8P.C2HF3O2/c1-22(2)11-15(13-7-5-4-6-8-13)34-36(31,35-22)32-12-16-17(28)23(3,30)20(33-16)27-10-9-14-18(27)25-21(24)26-19(14)29;3-2(4,5)1(6)7/h4-10,15-17,20,28,30H,11-12H2,1-3H3,(H3,24,25,26,29);(H,6,7)/t15-,16+,17+,20+,23+,36+;/m0./s1. The van der Waals surface area contributed by atoms with Gasteiger partial charge < -0.3 is 30.4 Å². The minimum Gasteiger partial charge on any atom is -0.475 e. The number of rotatable bonds is 5. The number of hydrogen-bond donors (Lipinski definition) is 5. The van der Waals surface area contributed by atoms with Crippen LogP contribution < -0.4 is 11.3 Å². The number of benzene rings is 1. The van der Waals surface area contributed by atoms with Crippen LogP contribution in [-0.4, -0.2) is 72.0 Å². The Balaban J connectivity index is 0.000000541. The molecular formula is C25H30F3N4O10P. The van der Waals surface area contributed by atoms with E-state index in [-0.39, 0.29) is 17.0 Å². The number of phosphoric ester groups is 1. The number of hydrogen-bond acceptors (Lipinski definition) is 11. The quantitative estimate of drug-likeness (QED) is 0.257.